The molecule has 2 rings (SSSR count). The summed E-state index contributed by atoms with van der Waals surface area (Å²) in [6.45, 7) is 10.4. The van der Waals surface area contributed by atoms with Crippen LogP contribution in [0.15, 0.2) is 12.4 Å². The van der Waals surface area contributed by atoms with Crippen molar-refractivity contribution in [2.24, 2.45) is 0 Å². The minimum absolute atomic E-state index is 0.187. The molecule has 126 valence electrons. The van der Waals surface area contributed by atoms with Crippen LogP contribution in [-0.2, 0) is 9.47 Å². The Kier molecular flexibility index (Phi) is 5.97. The smallest absolute Gasteiger partial charge is 0.205 e. The molecule has 0 unspecified atom stereocenters. The highest BCUT2D eigenvalue weighted by Crippen LogP contribution is 2.28. The second-order valence-corrected chi connectivity index (χ2v) is 6.96. The molecule has 1 aromatic heterocycles. The monoisotopic (exact) mass is 318 g/mol. The molecule has 0 saturated heterocycles. The maximum absolute atomic E-state index is 5.81. The number of rotatable bonds is 5. The van der Waals surface area contributed by atoms with Gasteiger partial charge in [-0.3, -0.25) is 0 Å². The number of hydrogen-bond donors (Lipinski definition) is 0. The number of aromatic nitrogens is 2. The number of ether oxygens (including phenoxy) is 3. The van der Waals surface area contributed by atoms with Crippen molar-refractivity contribution in [3.8, 4) is 17.6 Å². The highest BCUT2D eigenvalue weighted by Gasteiger charge is 2.32. The van der Waals surface area contributed by atoms with E-state index in [1.54, 1.807) is 12.4 Å². The lowest BCUT2D eigenvalue weighted by molar-refractivity contribution is -0.0851. The molecule has 23 heavy (non-hydrogen) atoms. The summed E-state index contributed by atoms with van der Waals surface area (Å²) in [5.41, 5.74) is -0.187. The van der Waals surface area contributed by atoms with Gasteiger partial charge in [-0.2, -0.15) is 0 Å². The van der Waals surface area contributed by atoms with Crippen molar-refractivity contribution >= 4 is 0 Å². The van der Waals surface area contributed by atoms with Crippen molar-refractivity contribution in [1.82, 2.24) is 9.97 Å². The number of nitrogens with zero attached hydrogens (tertiary/aromatic N) is 2. The van der Waals surface area contributed by atoms with Gasteiger partial charge in [0.25, 0.3) is 0 Å². The van der Waals surface area contributed by atoms with Gasteiger partial charge in [0, 0.05) is 12.8 Å². The van der Waals surface area contributed by atoms with E-state index in [1.165, 1.54) is 0 Å². The zero-order valence-electron chi connectivity index (χ0n) is 14.6. The molecule has 1 aromatic rings. The Morgan fingerprint density at radius 3 is 2.39 bits per heavy atom. The summed E-state index contributed by atoms with van der Waals surface area (Å²) in [5.74, 6) is 6.94. The Labute approximate surface area is 138 Å². The largest absolute Gasteiger partial charge is 0.487 e. The fourth-order valence-corrected chi connectivity index (χ4v) is 2.11. The topological polar surface area (TPSA) is 53.5 Å². The second kappa shape index (κ2) is 7.76. The van der Waals surface area contributed by atoms with E-state index in [0.717, 1.165) is 12.8 Å². The van der Waals surface area contributed by atoms with Crippen LogP contribution in [-0.4, -0.2) is 40.5 Å². The van der Waals surface area contributed by atoms with E-state index in [0.29, 0.717) is 24.3 Å². The molecule has 1 aliphatic rings. The van der Waals surface area contributed by atoms with E-state index in [-0.39, 0.29) is 17.8 Å². The highest BCUT2D eigenvalue weighted by atomic mass is 16.5. The molecule has 0 aliphatic heterocycles. The van der Waals surface area contributed by atoms with Crippen molar-refractivity contribution in [2.75, 3.05) is 6.61 Å². The van der Waals surface area contributed by atoms with Crippen LogP contribution in [0.3, 0.4) is 0 Å². The molecule has 0 spiro atoms. The van der Waals surface area contributed by atoms with Crippen molar-refractivity contribution < 1.29 is 14.2 Å². The maximum atomic E-state index is 5.81. The van der Waals surface area contributed by atoms with Crippen molar-refractivity contribution in [3.05, 3.63) is 18.2 Å². The first-order chi connectivity index (χ1) is 10.8. The van der Waals surface area contributed by atoms with Gasteiger partial charge in [-0.25, -0.2) is 9.97 Å². The van der Waals surface area contributed by atoms with E-state index in [9.17, 15) is 0 Å². The summed E-state index contributed by atoms with van der Waals surface area (Å²) in [7, 11) is 0. The molecule has 1 aliphatic carbocycles. The van der Waals surface area contributed by atoms with E-state index in [2.05, 4.69) is 21.8 Å². The van der Waals surface area contributed by atoms with Crippen molar-refractivity contribution in [1.29, 1.82) is 0 Å². The van der Waals surface area contributed by atoms with E-state index in [4.69, 9.17) is 14.2 Å². The Morgan fingerprint density at radius 1 is 1.17 bits per heavy atom. The Hall–Kier alpha value is -1.64. The first-order valence-electron chi connectivity index (χ1n) is 8.09. The lowest BCUT2D eigenvalue weighted by atomic mass is 9.92. The van der Waals surface area contributed by atoms with E-state index >= 15 is 0 Å². The Balaban J connectivity index is 1.74. The summed E-state index contributed by atoms with van der Waals surface area (Å²) in [6, 6.07) is 0. The summed E-state index contributed by atoms with van der Waals surface area (Å²) in [5, 5.41) is 0. The zero-order valence-corrected chi connectivity index (χ0v) is 14.6. The summed E-state index contributed by atoms with van der Waals surface area (Å²) >= 11 is 0. The van der Waals surface area contributed by atoms with Crippen LogP contribution in [0.2, 0.25) is 0 Å². The van der Waals surface area contributed by atoms with Crippen LogP contribution in [0.25, 0.3) is 0 Å². The van der Waals surface area contributed by atoms with Gasteiger partial charge in [-0.15, -0.1) is 0 Å². The van der Waals surface area contributed by atoms with Crippen LogP contribution >= 0.6 is 0 Å². The van der Waals surface area contributed by atoms with Gasteiger partial charge in [-0.1, -0.05) is 5.92 Å². The minimum atomic E-state index is -0.187. The molecular formula is C18H26N2O3. The Morgan fingerprint density at radius 2 is 1.83 bits per heavy atom. The molecule has 1 saturated carbocycles. The molecule has 0 atom stereocenters. The molecule has 1 heterocycles. The number of hydrogen-bond acceptors (Lipinski definition) is 5. The van der Waals surface area contributed by atoms with Crippen LogP contribution in [0.4, 0.5) is 0 Å². The second-order valence-electron chi connectivity index (χ2n) is 6.96. The fourth-order valence-electron chi connectivity index (χ4n) is 2.11. The molecule has 0 N–H and O–H groups in total. The van der Waals surface area contributed by atoms with Crippen LogP contribution in [0, 0.1) is 11.8 Å². The van der Waals surface area contributed by atoms with Gasteiger partial charge < -0.3 is 14.2 Å². The molecular weight excluding hydrogens is 292 g/mol. The highest BCUT2D eigenvalue weighted by molar-refractivity contribution is 5.23. The summed E-state index contributed by atoms with van der Waals surface area (Å²) in [4.78, 5) is 8.39. The van der Waals surface area contributed by atoms with Crippen LogP contribution < -0.4 is 4.74 Å². The molecule has 0 aromatic carbocycles. The standard InChI is InChI=1S/C18H26N2O3/c1-13(2)22-14-9-15(10-14)23-16-11-19-17(20-12-16)7-6-8-21-18(3,4)5/h11-15H,8-10H2,1-5H3. The zero-order chi connectivity index (χ0) is 16.9. The van der Waals surface area contributed by atoms with Gasteiger partial charge in [0.2, 0.25) is 5.82 Å². The van der Waals surface area contributed by atoms with Crippen molar-refractivity contribution in [2.45, 2.75) is 71.4 Å². The molecule has 5 nitrogen and oxygen atoms in total. The molecule has 0 radical (unpaired) electrons. The minimum Gasteiger partial charge on any atom is -0.487 e. The van der Waals surface area contributed by atoms with Gasteiger partial charge in [-0.05, 0) is 40.5 Å². The van der Waals surface area contributed by atoms with E-state index < -0.39 is 0 Å². The summed E-state index contributed by atoms with van der Waals surface area (Å²) in [6.07, 6.45) is 5.95. The Bertz CT molecular complexity index is 546. The average molecular weight is 318 g/mol. The van der Waals surface area contributed by atoms with E-state index in [1.807, 2.05) is 34.6 Å². The first kappa shape index (κ1) is 17.7. The first-order valence-corrected chi connectivity index (χ1v) is 8.09. The SMILES string of the molecule is CC(C)OC1CC(Oc2cnc(C#CCOC(C)(C)C)nc2)C1. The quantitative estimate of drug-likeness (QED) is 0.781. The molecule has 0 bridgehead atoms. The third-order valence-corrected chi connectivity index (χ3v) is 3.22. The molecule has 5 heteroatoms. The molecule has 1 fully saturated rings. The third kappa shape index (κ3) is 6.55. The van der Waals surface area contributed by atoms with Gasteiger partial charge in [0.15, 0.2) is 5.75 Å². The lowest BCUT2D eigenvalue weighted by Crippen LogP contribution is -2.40. The van der Waals surface area contributed by atoms with Gasteiger partial charge in [0.1, 0.15) is 12.7 Å². The lowest BCUT2D eigenvalue weighted by Gasteiger charge is -2.36. The predicted molar refractivity (Wildman–Crippen MR) is 88.3 cm³/mol. The maximum Gasteiger partial charge on any atom is 0.205 e. The average Bonchev–Trinajstić information content (AvgIpc) is 2.41. The van der Waals surface area contributed by atoms with Gasteiger partial charge >= 0.3 is 0 Å². The summed E-state index contributed by atoms with van der Waals surface area (Å²) < 4.78 is 17.0. The van der Waals surface area contributed by atoms with Crippen LogP contribution in [0.5, 0.6) is 5.75 Å². The van der Waals surface area contributed by atoms with Crippen molar-refractivity contribution in [3.63, 3.8) is 0 Å². The normalized spacial score (nSPS) is 20.6. The predicted octanol–water partition coefficient (Wildman–Crippen LogP) is 2.98. The third-order valence-electron chi connectivity index (χ3n) is 3.22. The van der Waals surface area contributed by atoms with Gasteiger partial charge in [0.05, 0.1) is 30.2 Å². The van der Waals surface area contributed by atoms with Crippen LogP contribution in [0.1, 0.15) is 53.3 Å². The fraction of sp³-hybridized carbons (Fsp3) is 0.667. The molecule has 0 amide bonds.